The second-order valence-electron chi connectivity index (χ2n) is 8.96. The average molecular weight is 569 g/mol. The first kappa shape index (κ1) is 29.3. The molecule has 4 rings (SSSR count). The van der Waals surface area contributed by atoms with Crippen LogP contribution in [-0.2, 0) is 22.6 Å². The summed E-state index contributed by atoms with van der Waals surface area (Å²) in [5.74, 6) is -5.17. The van der Waals surface area contributed by atoms with Crippen LogP contribution in [0.1, 0.15) is 28.4 Å². The van der Waals surface area contributed by atoms with Gasteiger partial charge in [0.25, 0.3) is 5.91 Å². The van der Waals surface area contributed by atoms with Crippen molar-refractivity contribution in [2.75, 3.05) is 20.8 Å². The first-order valence-corrected chi connectivity index (χ1v) is 12.6. The molecule has 4 aromatic rings. The Labute approximate surface area is 233 Å². The maximum absolute atomic E-state index is 15.8. The Hall–Kier alpha value is -4.64. The molecule has 0 aliphatic rings. The van der Waals surface area contributed by atoms with E-state index in [1.807, 2.05) is 6.92 Å². The van der Waals surface area contributed by atoms with Crippen LogP contribution in [0.15, 0.2) is 54.7 Å². The summed E-state index contributed by atoms with van der Waals surface area (Å²) in [5.41, 5.74) is 0.821. The van der Waals surface area contributed by atoms with Crippen LogP contribution in [0, 0.1) is 17.5 Å². The Kier molecular flexibility index (Phi) is 9.08. The van der Waals surface area contributed by atoms with Crippen LogP contribution in [0.4, 0.5) is 13.2 Å². The van der Waals surface area contributed by atoms with Gasteiger partial charge in [0.1, 0.15) is 40.6 Å². The van der Waals surface area contributed by atoms with Crippen LogP contribution in [0.2, 0.25) is 0 Å². The lowest BCUT2D eigenvalue weighted by atomic mass is 9.93. The summed E-state index contributed by atoms with van der Waals surface area (Å²) in [6.45, 7) is 2.67. The van der Waals surface area contributed by atoms with Crippen molar-refractivity contribution in [1.82, 2.24) is 10.3 Å². The van der Waals surface area contributed by atoms with Gasteiger partial charge in [-0.05, 0) is 54.4 Å². The predicted octanol–water partition coefficient (Wildman–Crippen LogP) is 5.30. The fraction of sp³-hybridized carbons (Fsp3) is 0.233. The SMILES string of the molecule is CCOCc1cc(OC)c(-c2cc(F)c(C[C@H](NC(=O)c3c(F)cccc3F)C(=O)O)c3cccnc23)c(OC)c1. The quantitative estimate of drug-likeness (QED) is 0.253. The highest BCUT2D eigenvalue weighted by Gasteiger charge is 2.28. The van der Waals surface area contributed by atoms with Gasteiger partial charge in [-0.3, -0.25) is 9.78 Å². The maximum Gasteiger partial charge on any atom is 0.326 e. The number of nitrogens with one attached hydrogen (secondary N) is 1. The zero-order valence-corrected chi connectivity index (χ0v) is 22.5. The van der Waals surface area contributed by atoms with E-state index in [1.165, 1.54) is 26.5 Å². The van der Waals surface area contributed by atoms with Crippen molar-refractivity contribution in [2.45, 2.75) is 26.0 Å². The Morgan fingerprint density at radius 1 is 0.976 bits per heavy atom. The number of carboxylic acids is 1. The lowest BCUT2D eigenvalue weighted by Gasteiger charge is -2.20. The molecule has 0 fully saturated rings. The molecule has 2 N–H and O–H groups in total. The second kappa shape index (κ2) is 12.7. The number of amides is 1. The Morgan fingerprint density at radius 2 is 1.63 bits per heavy atom. The fourth-order valence-corrected chi connectivity index (χ4v) is 4.56. The van der Waals surface area contributed by atoms with E-state index in [1.54, 1.807) is 24.3 Å². The number of halogens is 3. The maximum atomic E-state index is 15.8. The average Bonchev–Trinajstić information content (AvgIpc) is 2.96. The van der Waals surface area contributed by atoms with Gasteiger partial charge in [0.05, 0.1) is 31.9 Å². The monoisotopic (exact) mass is 568 g/mol. The Balaban J connectivity index is 1.80. The van der Waals surface area contributed by atoms with Crippen LogP contribution >= 0.6 is 0 Å². The summed E-state index contributed by atoms with van der Waals surface area (Å²) in [5, 5.41) is 12.2. The van der Waals surface area contributed by atoms with Crippen molar-refractivity contribution < 1.29 is 42.1 Å². The normalized spacial score (nSPS) is 11.8. The predicted molar refractivity (Wildman–Crippen MR) is 145 cm³/mol. The molecule has 8 nitrogen and oxygen atoms in total. The topological polar surface area (TPSA) is 107 Å². The molecule has 41 heavy (non-hydrogen) atoms. The summed E-state index contributed by atoms with van der Waals surface area (Å²) in [6, 6.07) is 8.88. The minimum Gasteiger partial charge on any atom is -0.496 e. The highest BCUT2D eigenvalue weighted by Crippen LogP contribution is 2.43. The van der Waals surface area contributed by atoms with Gasteiger partial charge in [0.2, 0.25) is 0 Å². The number of pyridine rings is 1. The lowest BCUT2D eigenvalue weighted by Crippen LogP contribution is -2.43. The number of ether oxygens (including phenoxy) is 3. The van der Waals surface area contributed by atoms with E-state index in [0.717, 1.165) is 23.8 Å². The van der Waals surface area contributed by atoms with Crippen LogP contribution in [-0.4, -0.2) is 48.8 Å². The van der Waals surface area contributed by atoms with E-state index in [2.05, 4.69) is 10.3 Å². The first-order valence-electron chi connectivity index (χ1n) is 12.6. The highest BCUT2D eigenvalue weighted by atomic mass is 19.1. The summed E-state index contributed by atoms with van der Waals surface area (Å²) >= 11 is 0. The molecule has 214 valence electrons. The Bertz CT molecular complexity index is 1570. The van der Waals surface area contributed by atoms with Gasteiger partial charge in [0.15, 0.2) is 0 Å². The second-order valence-corrected chi connectivity index (χ2v) is 8.96. The number of aliphatic carboxylic acids is 1. The summed E-state index contributed by atoms with van der Waals surface area (Å²) in [6.07, 6.45) is 0.959. The van der Waals surface area contributed by atoms with E-state index in [0.29, 0.717) is 41.4 Å². The molecule has 11 heteroatoms. The molecule has 0 saturated heterocycles. The van der Waals surface area contributed by atoms with E-state index in [-0.39, 0.29) is 10.9 Å². The minimum atomic E-state index is -1.72. The molecule has 0 saturated carbocycles. The third-order valence-electron chi connectivity index (χ3n) is 6.46. The summed E-state index contributed by atoms with van der Waals surface area (Å²) in [7, 11) is 2.92. The highest BCUT2D eigenvalue weighted by molar-refractivity contribution is 6.00. The van der Waals surface area contributed by atoms with Gasteiger partial charge in [-0.25, -0.2) is 18.0 Å². The van der Waals surface area contributed by atoms with Crippen LogP contribution < -0.4 is 14.8 Å². The first-order chi connectivity index (χ1) is 19.7. The Morgan fingerprint density at radius 3 is 2.22 bits per heavy atom. The van der Waals surface area contributed by atoms with Crippen molar-refractivity contribution in [3.8, 4) is 22.6 Å². The molecule has 1 atom stereocenters. The van der Waals surface area contributed by atoms with Gasteiger partial charge < -0.3 is 24.6 Å². The third kappa shape index (κ3) is 6.09. The fourth-order valence-electron chi connectivity index (χ4n) is 4.56. The molecule has 0 aliphatic heterocycles. The van der Waals surface area contributed by atoms with Crippen molar-refractivity contribution >= 4 is 22.8 Å². The number of carbonyl (C=O) groups excluding carboxylic acids is 1. The number of hydrogen-bond donors (Lipinski definition) is 2. The molecular weight excluding hydrogens is 541 g/mol. The van der Waals surface area contributed by atoms with Crippen LogP contribution in [0.25, 0.3) is 22.0 Å². The molecule has 1 amide bonds. The number of nitrogens with zero attached hydrogens (tertiary/aromatic N) is 1. The molecule has 0 bridgehead atoms. The van der Waals surface area contributed by atoms with Gasteiger partial charge in [-0.15, -0.1) is 0 Å². The van der Waals surface area contributed by atoms with E-state index in [4.69, 9.17) is 14.2 Å². The summed E-state index contributed by atoms with van der Waals surface area (Å²) < 4.78 is 60.8. The van der Waals surface area contributed by atoms with Gasteiger partial charge >= 0.3 is 5.97 Å². The molecule has 0 radical (unpaired) electrons. The van der Waals surface area contributed by atoms with E-state index < -0.39 is 47.4 Å². The van der Waals surface area contributed by atoms with Gasteiger partial charge in [-0.1, -0.05) is 12.1 Å². The number of rotatable bonds is 11. The lowest BCUT2D eigenvalue weighted by molar-refractivity contribution is -0.139. The molecule has 3 aromatic carbocycles. The van der Waals surface area contributed by atoms with Crippen molar-refractivity contribution in [3.05, 3.63) is 88.9 Å². The zero-order chi connectivity index (χ0) is 29.7. The molecule has 1 aromatic heterocycles. The van der Waals surface area contributed by atoms with Crippen LogP contribution in [0.3, 0.4) is 0 Å². The molecule has 0 aliphatic carbocycles. The number of methoxy groups -OCH3 is 2. The number of benzene rings is 3. The number of aromatic nitrogens is 1. The molecule has 0 spiro atoms. The van der Waals surface area contributed by atoms with Gasteiger partial charge in [-0.2, -0.15) is 0 Å². The zero-order valence-electron chi connectivity index (χ0n) is 22.5. The van der Waals surface area contributed by atoms with Gasteiger partial charge in [0, 0.05) is 30.2 Å². The minimum absolute atomic E-state index is 0.0653. The molecule has 1 heterocycles. The van der Waals surface area contributed by atoms with Crippen molar-refractivity contribution in [3.63, 3.8) is 0 Å². The third-order valence-corrected chi connectivity index (χ3v) is 6.46. The van der Waals surface area contributed by atoms with E-state index in [9.17, 15) is 23.5 Å². The standard InChI is InChI=1S/C30H27F3N2O6/c1-4-41-15-16-11-24(39-2)26(25(12-16)40-3)19-13-22(33)18(17-7-6-10-34-28(17)19)14-23(30(37)38)35-29(36)27-20(31)8-5-9-21(27)32/h5-13,23H,4,14-15H2,1-3H3,(H,35,36)(H,37,38)/t23-/m0/s1. The van der Waals surface area contributed by atoms with Crippen LogP contribution in [0.5, 0.6) is 11.5 Å². The summed E-state index contributed by atoms with van der Waals surface area (Å²) in [4.78, 5) is 29.1. The number of carboxylic acid groups (broad SMARTS) is 1. The number of carbonyl (C=O) groups is 2. The molecule has 0 unspecified atom stereocenters. The number of hydrogen-bond acceptors (Lipinski definition) is 6. The smallest absolute Gasteiger partial charge is 0.326 e. The van der Waals surface area contributed by atoms with E-state index >= 15 is 4.39 Å². The number of fused-ring (bicyclic) bond motifs is 1. The van der Waals surface area contributed by atoms with Crippen molar-refractivity contribution in [1.29, 1.82) is 0 Å². The largest absolute Gasteiger partial charge is 0.496 e. The molecular formula is C30H27F3N2O6. The van der Waals surface area contributed by atoms with Crippen molar-refractivity contribution in [2.24, 2.45) is 0 Å².